The van der Waals surface area contributed by atoms with Gasteiger partial charge in [0.25, 0.3) is 0 Å². The summed E-state index contributed by atoms with van der Waals surface area (Å²) in [4.78, 5) is 0. The van der Waals surface area contributed by atoms with Crippen molar-refractivity contribution in [3.05, 3.63) is 0 Å². The molecule has 0 saturated carbocycles. The third-order valence-corrected chi connectivity index (χ3v) is 2.94. The normalized spacial score (nSPS) is 29.6. The van der Waals surface area contributed by atoms with Crippen molar-refractivity contribution in [1.29, 1.82) is 0 Å². The SMILES string of the molecule is C1COC(CC2CCOCC2)CN1.Cl. The van der Waals surface area contributed by atoms with Crippen molar-refractivity contribution >= 4 is 12.4 Å². The van der Waals surface area contributed by atoms with E-state index in [1.54, 1.807) is 0 Å². The summed E-state index contributed by atoms with van der Waals surface area (Å²) in [5.74, 6) is 0.832. The average Bonchev–Trinajstić information content (AvgIpc) is 2.21. The molecule has 1 unspecified atom stereocenters. The lowest BCUT2D eigenvalue weighted by Gasteiger charge is -2.29. The van der Waals surface area contributed by atoms with Crippen LogP contribution in [0, 0.1) is 5.92 Å². The van der Waals surface area contributed by atoms with E-state index >= 15 is 0 Å². The first-order chi connectivity index (χ1) is 6.45. The van der Waals surface area contributed by atoms with E-state index in [0.29, 0.717) is 6.10 Å². The van der Waals surface area contributed by atoms with E-state index in [4.69, 9.17) is 9.47 Å². The van der Waals surface area contributed by atoms with Gasteiger partial charge in [0.2, 0.25) is 0 Å². The van der Waals surface area contributed by atoms with Crippen LogP contribution in [0.15, 0.2) is 0 Å². The van der Waals surface area contributed by atoms with Crippen molar-refractivity contribution in [2.45, 2.75) is 25.4 Å². The minimum Gasteiger partial charge on any atom is -0.381 e. The van der Waals surface area contributed by atoms with Crippen LogP contribution in [0.25, 0.3) is 0 Å². The largest absolute Gasteiger partial charge is 0.381 e. The molecule has 84 valence electrons. The second-order valence-electron chi connectivity index (χ2n) is 3.99. The zero-order valence-electron chi connectivity index (χ0n) is 8.54. The summed E-state index contributed by atoms with van der Waals surface area (Å²) in [5.41, 5.74) is 0. The minimum absolute atomic E-state index is 0. The summed E-state index contributed by atoms with van der Waals surface area (Å²) in [6.07, 6.45) is 4.12. The summed E-state index contributed by atoms with van der Waals surface area (Å²) < 4.78 is 11.0. The van der Waals surface area contributed by atoms with Gasteiger partial charge in [0.15, 0.2) is 0 Å². The molecule has 2 heterocycles. The molecule has 3 nitrogen and oxygen atoms in total. The molecule has 2 aliphatic heterocycles. The topological polar surface area (TPSA) is 30.5 Å². The van der Waals surface area contributed by atoms with E-state index in [-0.39, 0.29) is 12.4 Å². The van der Waals surface area contributed by atoms with Gasteiger partial charge in [0.1, 0.15) is 0 Å². The first kappa shape index (κ1) is 12.2. The van der Waals surface area contributed by atoms with Crippen molar-refractivity contribution in [2.24, 2.45) is 5.92 Å². The molecule has 2 aliphatic rings. The summed E-state index contributed by atoms with van der Waals surface area (Å²) in [5, 5.41) is 3.37. The van der Waals surface area contributed by atoms with Gasteiger partial charge < -0.3 is 14.8 Å². The van der Waals surface area contributed by atoms with Crippen molar-refractivity contribution in [2.75, 3.05) is 32.9 Å². The fourth-order valence-electron chi connectivity index (χ4n) is 2.12. The summed E-state index contributed by atoms with van der Waals surface area (Å²) >= 11 is 0. The molecule has 0 amide bonds. The van der Waals surface area contributed by atoms with Gasteiger partial charge >= 0.3 is 0 Å². The molecule has 2 fully saturated rings. The molecule has 0 aromatic carbocycles. The van der Waals surface area contributed by atoms with Crippen LogP contribution in [-0.4, -0.2) is 39.0 Å². The summed E-state index contributed by atoms with van der Waals surface area (Å²) in [6, 6.07) is 0. The lowest BCUT2D eigenvalue weighted by atomic mass is 9.93. The number of hydrogen-bond acceptors (Lipinski definition) is 3. The molecule has 0 bridgehead atoms. The third kappa shape index (κ3) is 3.73. The molecule has 2 rings (SSSR count). The number of hydrogen-bond donors (Lipinski definition) is 1. The molecule has 14 heavy (non-hydrogen) atoms. The molecule has 0 aliphatic carbocycles. The number of morpholine rings is 1. The second kappa shape index (κ2) is 6.62. The Bertz CT molecular complexity index is 129. The molecule has 0 aromatic rings. The van der Waals surface area contributed by atoms with Crippen molar-refractivity contribution in [3.63, 3.8) is 0 Å². The van der Waals surface area contributed by atoms with Gasteiger partial charge in [-0.2, -0.15) is 0 Å². The van der Waals surface area contributed by atoms with Crippen LogP contribution in [0.3, 0.4) is 0 Å². The summed E-state index contributed by atoms with van der Waals surface area (Å²) in [7, 11) is 0. The van der Waals surface area contributed by atoms with Gasteiger partial charge in [-0.25, -0.2) is 0 Å². The smallest absolute Gasteiger partial charge is 0.0702 e. The highest BCUT2D eigenvalue weighted by Crippen LogP contribution is 2.21. The van der Waals surface area contributed by atoms with E-state index < -0.39 is 0 Å². The van der Waals surface area contributed by atoms with Crippen molar-refractivity contribution in [1.82, 2.24) is 5.32 Å². The average molecular weight is 222 g/mol. The Morgan fingerprint density at radius 1 is 1.14 bits per heavy atom. The predicted molar refractivity (Wildman–Crippen MR) is 58.0 cm³/mol. The number of rotatable bonds is 2. The zero-order chi connectivity index (χ0) is 8.93. The second-order valence-corrected chi connectivity index (χ2v) is 3.99. The molecular formula is C10H20ClNO2. The van der Waals surface area contributed by atoms with E-state index in [1.165, 1.54) is 19.3 Å². The number of halogens is 1. The Kier molecular flexibility index (Phi) is 5.78. The van der Waals surface area contributed by atoms with Gasteiger partial charge in [0.05, 0.1) is 12.7 Å². The lowest BCUT2D eigenvalue weighted by Crippen LogP contribution is -2.40. The van der Waals surface area contributed by atoms with E-state index in [0.717, 1.165) is 38.8 Å². The van der Waals surface area contributed by atoms with Crippen LogP contribution >= 0.6 is 12.4 Å². The first-order valence-electron chi connectivity index (χ1n) is 5.35. The van der Waals surface area contributed by atoms with Crippen molar-refractivity contribution in [3.8, 4) is 0 Å². The van der Waals surface area contributed by atoms with Crippen LogP contribution in [0.1, 0.15) is 19.3 Å². The van der Waals surface area contributed by atoms with Crippen LogP contribution in [0.5, 0.6) is 0 Å². The van der Waals surface area contributed by atoms with Gasteiger partial charge in [0, 0.05) is 26.3 Å². The van der Waals surface area contributed by atoms with E-state index in [2.05, 4.69) is 5.32 Å². The lowest BCUT2D eigenvalue weighted by molar-refractivity contribution is -0.00610. The molecular weight excluding hydrogens is 202 g/mol. The van der Waals surface area contributed by atoms with E-state index in [9.17, 15) is 0 Å². The minimum atomic E-state index is 0. The monoisotopic (exact) mass is 221 g/mol. The van der Waals surface area contributed by atoms with Crippen LogP contribution < -0.4 is 5.32 Å². The maximum absolute atomic E-state index is 5.68. The molecule has 0 aromatic heterocycles. The van der Waals surface area contributed by atoms with Crippen LogP contribution in [0.2, 0.25) is 0 Å². The quantitative estimate of drug-likeness (QED) is 0.761. The highest BCUT2D eigenvalue weighted by Gasteiger charge is 2.20. The Labute approximate surface area is 91.9 Å². The fourth-order valence-corrected chi connectivity index (χ4v) is 2.12. The van der Waals surface area contributed by atoms with Crippen LogP contribution in [-0.2, 0) is 9.47 Å². The van der Waals surface area contributed by atoms with Gasteiger partial charge in [-0.3, -0.25) is 0 Å². The van der Waals surface area contributed by atoms with Gasteiger partial charge in [-0.05, 0) is 25.2 Å². The number of ether oxygens (including phenoxy) is 2. The Morgan fingerprint density at radius 2 is 1.93 bits per heavy atom. The Hall–Kier alpha value is 0.170. The maximum atomic E-state index is 5.68. The van der Waals surface area contributed by atoms with Crippen LogP contribution in [0.4, 0.5) is 0 Å². The number of nitrogens with one attached hydrogen (secondary N) is 1. The standard InChI is InChI=1S/C10H19NO2.ClH/c1-4-12-5-2-9(1)7-10-8-11-3-6-13-10;/h9-11H,1-8H2;1H. The molecule has 4 heteroatoms. The molecule has 0 radical (unpaired) electrons. The fraction of sp³-hybridized carbons (Fsp3) is 1.00. The van der Waals surface area contributed by atoms with Gasteiger partial charge in [-0.1, -0.05) is 0 Å². The third-order valence-electron chi connectivity index (χ3n) is 2.94. The molecule has 1 atom stereocenters. The van der Waals surface area contributed by atoms with Gasteiger partial charge in [-0.15, -0.1) is 12.4 Å². The highest BCUT2D eigenvalue weighted by molar-refractivity contribution is 5.85. The Balaban J connectivity index is 0.000000980. The van der Waals surface area contributed by atoms with E-state index in [1.807, 2.05) is 0 Å². The Morgan fingerprint density at radius 3 is 2.57 bits per heavy atom. The molecule has 2 saturated heterocycles. The van der Waals surface area contributed by atoms with Crippen molar-refractivity contribution < 1.29 is 9.47 Å². The maximum Gasteiger partial charge on any atom is 0.0702 e. The predicted octanol–water partition coefficient (Wildman–Crippen LogP) is 1.21. The zero-order valence-corrected chi connectivity index (χ0v) is 9.35. The summed E-state index contributed by atoms with van der Waals surface area (Å²) in [6.45, 7) is 4.84. The molecule has 0 spiro atoms. The first-order valence-corrected chi connectivity index (χ1v) is 5.35. The molecule has 1 N–H and O–H groups in total. The highest BCUT2D eigenvalue weighted by atomic mass is 35.5.